The maximum Gasteiger partial charge on any atom is 0.416 e. The maximum atomic E-state index is 13.3. The smallest absolute Gasteiger partial charge is 0.332 e. The second kappa shape index (κ2) is 8.70. The molecule has 0 spiro atoms. The number of hydrogen-bond donors (Lipinski definition) is 1. The number of nitrogens with one attached hydrogen (secondary N) is 1. The number of hydrogen-bond acceptors (Lipinski definition) is 4. The van der Waals surface area contributed by atoms with Gasteiger partial charge in [-0.3, -0.25) is 14.5 Å². The fourth-order valence-corrected chi connectivity index (χ4v) is 4.55. The van der Waals surface area contributed by atoms with Gasteiger partial charge in [-0.1, -0.05) is 36.4 Å². The molecular weight excluding hydrogens is 459 g/mol. The number of amides is 1. The second-order valence-corrected chi connectivity index (χ2v) is 8.56. The van der Waals surface area contributed by atoms with Gasteiger partial charge in [0.15, 0.2) is 5.65 Å². The number of halogens is 3. The highest BCUT2D eigenvalue weighted by Crippen LogP contribution is 2.31. The van der Waals surface area contributed by atoms with E-state index in [-0.39, 0.29) is 16.8 Å². The van der Waals surface area contributed by atoms with Crippen molar-refractivity contribution in [3.63, 3.8) is 0 Å². The first-order chi connectivity index (χ1) is 16.7. The topological polar surface area (TPSA) is 71.6 Å². The summed E-state index contributed by atoms with van der Waals surface area (Å²) in [7, 11) is 1.77. The van der Waals surface area contributed by atoms with Crippen LogP contribution in [0.4, 0.5) is 18.9 Å². The number of fused-ring (bicyclic) bond motifs is 2. The van der Waals surface area contributed by atoms with E-state index in [0.717, 1.165) is 29.9 Å². The fraction of sp³-hybridized carbons (Fsp3) is 0.240. The summed E-state index contributed by atoms with van der Waals surface area (Å²) in [6, 6.07) is 14.4. The zero-order valence-electron chi connectivity index (χ0n) is 18.8. The third kappa shape index (κ3) is 4.32. The summed E-state index contributed by atoms with van der Waals surface area (Å²) in [5, 5.41) is 6.63. The molecule has 0 saturated carbocycles. The van der Waals surface area contributed by atoms with Gasteiger partial charge < -0.3 is 9.88 Å². The minimum atomic E-state index is -4.53. The minimum absolute atomic E-state index is 0.00342. The third-order valence-corrected chi connectivity index (χ3v) is 6.25. The molecule has 0 aliphatic carbocycles. The molecule has 3 heterocycles. The van der Waals surface area contributed by atoms with Crippen LogP contribution >= 0.6 is 0 Å². The van der Waals surface area contributed by atoms with E-state index in [1.807, 2.05) is 30.3 Å². The third-order valence-electron chi connectivity index (χ3n) is 6.25. The molecule has 1 aliphatic heterocycles. The van der Waals surface area contributed by atoms with E-state index in [1.165, 1.54) is 22.8 Å². The number of nitrogens with zero attached hydrogens (tertiary/aromatic N) is 4. The predicted octanol–water partition coefficient (Wildman–Crippen LogP) is 3.86. The van der Waals surface area contributed by atoms with Crippen molar-refractivity contribution in [3.8, 4) is 0 Å². The molecular formula is C25H22F3N5O2. The number of carbonyl (C=O) groups is 1. The van der Waals surface area contributed by atoms with Crippen LogP contribution in [-0.4, -0.2) is 31.5 Å². The molecule has 5 rings (SSSR count). The van der Waals surface area contributed by atoms with E-state index in [1.54, 1.807) is 11.6 Å². The maximum absolute atomic E-state index is 13.3. The van der Waals surface area contributed by atoms with E-state index in [4.69, 9.17) is 0 Å². The van der Waals surface area contributed by atoms with Crippen LogP contribution in [0.15, 0.2) is 65.6 Å². The van der Waals surface area contributed by atoms with Gasteiger partial charge in [0.05, 0.1) is 17.3 Å². The first-order valence-electron chi connectivity index (χ1n) is 11.1. The molecule has 0 bridgehead atoms. The Morgan fingerprint density at radius 3 is 2.63 bits per heavy atom. The van der Waals surface area contributed by atoms with Crippen LogP contribution in [-0.2, 0) is 32.7 Å². The molecule has 0 radical (unpaired) electrons. The number of aryl methyl sites for hydroxylation is 1. The Morgan fingerprint density at radius 2 is 1.89 bits per heavy atom. The number of benzene rings is 2. The summed E-state index contributed by atoms with van der Waals surface area (Å²) in [6.45, 7) is 1.91. The lowest BCUT2D eigenvalue weighted by atomic mass is 10.1. The van der Waals surface area contributed by atoms with Gasteiger partial charge >= 0.3 is 6.18 Å². The van der Waals surface area contributed by atoms with Crippen molar-refractivity contribution in [1.29, 1.82) is 0 Å². The molecule has 35 heavy (non-hydrogen) atoms. The lowest BCUT2D eigenvalue weighted by Gasteiger charge is -2.29. The summed E-state index contributed by atoms with van der Waals surface area (Å²) < 4.78 is 42.0. The van der Waals surface area contributed by atoms with E-state index < -0.39 is 17.6 Å². The molecule has 0 fully saturated rings. The normalized spacial score (nSPS) is 14.2. The van der Waals surface area contributed by atoms with Crippen LogP contribution in [0.2, 0.25) is 0 Å². The van der Waals surface area contributed by atoms with Crippen LogP contribution in [0.25, 0.3) is 5.65 Å². The van der Waals surface area contributed by atoms with Crippen molar-refractivity contribution in [2.24, 2.45) is 7.05 Å². The SMILES string of the molecule is Cn1c2c(c(=O)n3ncc(C(=O)Nc4cccc(C(F)(F)F)c4)c13)CN(Cc1ccccc1)CC2. The Labute approximate surface area is 198 Å². The molecule has 1 aliphatic rings. The summed E-state index contributed by atoms with van der Waals surface area (Å²) in [4.78, 5) is 28.4. The average molecular weight is 481 g/mol. The fourth-order valence-electron chi connectivity index (χ4n) is 4.55. The number of alkyl halides is 3. The number of anilines is 1. The van der Waals surface area contributed by atoms with Crippen LogP contribution in [0, 0.1) is 0 Å². The average Bonchev–Trinajstić information content (AvgIpc) is 3.29. The minimum Gasteiger partial charge on any atom is -0.332 e. The van der Waals surface area contributed by atoms with Gasteiger partial charge in [0.25, 0.3) is 11.5 Å². The van der Waals surface area contributed by atoms with Crippen molar-refractivity contribution in [3.05, 3.63) is 99.1 Å². The molecule has 7 nitrogen and oxygen atoms in total. The first-order valence-corrected chi connectivity index (χ1v) is 11.1. The van der Waals surface area contributed by atoms with Crippen molar-refractivity contribution >= 4 is 17.2 Å². The van der Waals surface area contributed by atoms with Crippen LogP contribution in [0.5, 0.6) is 0 Å². The summed E-state index contributed by atoms with van der Waals surface area (Å²) in [6.07, 6.45) is -2.64. The zero-order chi connectivity index (χ0) is 24.7. The summed E-state index contributed by atoms with van der Waals surface area (Å²) in [5.41, 5.74) is 1.84. The molecule has 0 saturated heterocycles. The van der Waals surface area contributed by atoms with Gasteiger partial charge in [-0.25, -0.2) is 0 Å². The zero-order valence-corrected chi connectivity index (χ0v) is 18.8. The van der Waals surface area contributed by atoms with Gasteiger partial charge in [-0.2, -0.15) is 22.8 Å². The molecule has 0 atom stereocenters. The number of carbonyl (C=O) groups excluding carboxylic acids is 1. The standard InChI is InChI=1S/C25H22F3N5O2/c1-31-21-10-11-32(14-16-6-3-2-4-7-16)15-20(21)24(35)33-23(31)19(13-29-33)22(34)30-18-9-5-8-17(12-18)25(26,27)28/h2-9,12-13H,10-11,14-15H2,1H3,(H,30,34). The predicted molar refractivity (Wildman–Crippen MR) is 124 cm³/mol. The molecule has 4 aromatic rings. The van der Waals surface area contributed by atoms with Crippen LogP contribution in [0.1, 0.15) is 32.7 Å². The van der Waals surface area contributed by atoms with Gasteiger partial charge in [0, 0.05) is 44.5 Å². The van der Waals surface area contributed by atoms with Gasteiger partial charge in [-0.05, 0) is 23.8 Å². The molecule has 0 unspecified atom stereocenters. The Kier molecular flexibility index (Phi) is 5.68. The van der Waals surface area contributed by atoms with E-state index in [9.17, 15) is 22.8 Å². The van der Waals surface area contributed by atoms with Crippen molar-refractivity contribution < 1.29 is 18.0 Å². The quantitative estimate of drug-likeness (QED) is 0.481. The van der Waals surface area contributed by atoms with E-state index in [2.05, 4.69) is 15.3 Å². The lowest BCUT2D eigenvalue weighted by molar-refractivity contribution is -0.137. The monoisotopic (exact) mass is 481 g/mol. The Balaban J connectivity index is 1.45. The van der Waals surface area contributed by atoms with Crippen LogP contribution in [0.3, 0.4) is 0 Å². The lowest BCUT2D eigenvalue weighted by Crippen LogP contribution is -2.38. The molecule has 2 aromatic heterocycles. The summed E-state index contributed by atoms with van der Waals surface area (Å²) >= 11 is 0. The highest BCUT2D eigenvalue weighted by atomic mass is 19.4. The molecule has 1 N–H and O–H groups in total. The Bertz CT molecular complexity index is 1470. The van der Waals surface area contributed by atoms with Gasteiger partial charge in [0.2, 0.25) is 0 Å². The van der Waals surface area contributed by atoms with Gasteiger partial charge in [0.1, 0.15) is 5.56 Å². The van der Waals surface area contributed by atoms with Crippen molar-refractivity contribution in [1.82, 2.24) is 19.1 Å². The van der Waals surface area contributed by atoms with Crippen molar-refractivity contribution in [2.45, 2.75) is 25.7 Å². The van der Waals surface area contributed by atoms with Gasteiger partial charge in [-0.15, -0.1) is 0 Å². The van der Waals surface area contributed by atoms with Crippen LogP contribution < -0.4 is 10.9 Å². The second-order valence-electron chi connectivity index (χ2n) is 8.56. The summed E-state index contributed by atoms with van der Waals surface area (Å²) in [5.74, 6) is -0.643. The van der Waals surface area contributed by atoms with E-state index >= 15 is 0 Å². The van der Waals surface area contributed by atoms with Crippen molar-refractivity contribution in [2.75, 3.05) is 11.9 Å². The Hall–Kier alpha value is -3.92. The highest BCUT2D eigenvalue weighted by molar-refractivity contribution is 6.08. The molecule has 180 valence electrons. The molecule has 2 aromatic carbocycles. The Morgan fingerprint density at radius 1 is 1.11 bits per heavy atom. The first kappa shape index (κ1) is 22.9. The largest absolute Gasteiger partial charge is 0.416 e. The molecule has 1 amide bonds. The van der Waals surface area contributed by atoms with E-state index in [0.29, 0.717) is 30.7 Å². The number of aromatic nitrogens is 3. The number of rotatable bonds is 4. The highest BCUT2D eigenvalue weighted by Gasteiger charge is 2.31. The molecule has 10 heteroatoms.